The van der Waals surface area contributed by atoms with Crippen LogP contribution in [-0.4, -0.2) is 0 Å². The van der Waals surface area contributed by atoms with Gasteiger partial charge in [-0.2, -0.15) is 0 Å². The average Bonchev–Trinajstić information content (AvgIpc) is 3.58. The molecule has 0 atom stereocenters. The van der Waals surface area contributed by atoms with Crippen molar-refractivity contribution in [3.05, 3.63) is 163 Å². The molecule has 0 unspecified atom stereocenters. The maximum Gasteiger partial charge on any atom is 0.143 e. The Balaban J connectivity index is 1.25. The van der Waals surface area contributed by atoms with Crippen molar-refractivity contribution in [3.63, 3.8) is 0 Å². The molecule has 0 N–H and O–H groups in total. The molecule has 0 fully saturated rings. The lowest BCUT2D eigenvalue weighted by Gasteiger charge is -2.29. The van der Waals surface area contributed by atoms with Crippen LogP contribution in [0.2, 0.25) is 0 Å². The first-order valence-electron chi connectivity index (χ1n) is 15.6. The second kappa shape index (κ2) is 9.70. The van der Waals surface area contributed by atoms with E-state index in [1.165, 1.54) is 44.2 Å². The molecule has 0 aliphatic heterocycles. The minimum Gasteiger partial charge on any atom is -0.455 e. The van der Waals surface area contributed by atoms with Crippen LogP contribution in [0, 0.1) is 0 Å². The smallest absolute Gasteiger partial charge is 0.143 e. The van der Waals surface area contributed by atoms with E-state index < -0.39 is 0 Å². The van der Waals surface area contributed by atoms with Gasteiger partial charge in [0.2, 0.25) is 0 Å². The van der Waals surface area contributed by atoms with Crippen molar-refractivity contribution in [3.8, 4) is 22.3 Å². The molecule has 0 spiro atoms. The van der Waals surface area contributed by atoms with Gasteiger partial charge in [-0.15, -0.1) is 0 Å². The topological polar surface area (TPSA) is 16.4 Å². The monoisotopic (exact) mass is 577 g/mol. The number of rotatable bonds is 4. The lowest BCUT2D eigenvalue weighted by atomic mass is 9.82. The number of fused-ring (bicyclic) bond motifs is 8. The minimum absolute atomic E-state index is 0.170. The van der Waals surface area contributed by atoms with E-state index in [-0.39, 0.29) is 5.41 Å². The second-order valence-electron chi connectivity index (χ2n) is 12.6. The van der Waals surface area contributed by atoms with Crippen LogP contribution in [0.5, 0.6) is 0 Å². The Bertz CT molecular complexity index is 2400. The molecule has 2 nitrogen and oxygen atoms in total. The normalized spacial score (nSPS) is 13.3. The molecular weight excluding hydrogens is 546 g/mol. The van der Waals surface area contributed by atoms with Crippen LogP contribution in [0.25, 0.3) is 55.0 Å². The first kappa shape index (κ1) is 25.9. The molecule has 0 radical (unpaired) electrons. The maximum absolute atomic E-state index is 6.67. The van der Waals surface area contributed by atoms with E-state index in [0.717, 1.165) is 39.0 Å². The summed E-state index contributed by atoms with van der Waals surface area (Å²) in [4.78, 5) is 2.40. The first-order valence-corrected chi connectivity index (χ1v) is 15.6. The largest absolute Gasteiger partial charge is 0.455 e. The van der Waals surface area contributed by atoms with E-state index >= 15 is 0 Å². The molecule has 1 aromatic heterocycles. The SMILES string of the molecule is CC1(C)c2cccc(N(c3ccccc3)c3ccc(-c4ccc5ccccc5c4)cc3)c2-c2c1ccc1c2oc2ccccc21. The Labute approximate surface area is 262 Å². The highest BCUT2D eigenvalue weighted by molar-refractivity contribution is 6.13. The highest BCUT2D eigenvalue weighted by atomic mass is 16.3. The van der Waals surface area contributed by atoms with Gasteiger partial charge in [-0.1, -0.05) is 123 Å². The van der Waals surface area contributed by atoms with Gasteiger partial charge in [0.05, 0.1) is 5.69 Å². The third-order valence-corrected chi connectivity index (χ3v) is 9.65. The first-order chi connectivity index (χ1) is 22.1. The molecule has 8 aromatic rings. The van der Waals surface area contributed by atoms with Gasteiger partial charge in [0.1, 0.15) is 11.2 Å². The van der Waals surface area contributed by atoms with Gasteiger partial charge in [0, 0.05) is 38.7 Å². The molecule has 0 saturated heterocycles. The summed E-state index contributed by atoms with van der Waals surface area (Å²) in [6, 6.07) is 54.6. The van der Waals surface area contributed by atoms with Crippen molar-refractivity contribution in [2.75, 3.05) is 4.90 Å². The fourth-order valence-corrected chi connectivity index (χ4v) is 7.39. The predicted octanol–water partition coefficient (Wildman–Crippen LogP) is 12.2. The van der Waals surface area contributed by atoms with Gasteiger partial charge in [0.25, 0.3) is 0 Å². The van der Waals surface area contributed by atoms with Crippen LogP contribution in [0.3, 0.4) is 0 Å². The number of para-hydroxylation sites is 2. The highest BCUT2D eigenvalue weighted by Gasteiger charge is 2.40. The molecule has 1 heterocycles. The number of nitrogens with zero attached hydrogens (tertiary/aromatic N) is 1. The molecule has 9 rings (SSSR count). The number of anilines is 3. The summed E-state index contributed by atoms with van der Waals surface area (Å²) in [6.45, 7) is 4.67. The lowest BCUT2D eigenvalue weighted by Crippen LogP contribution is -2.16. The molecule has 0 amide bonds. The Hall–Kier alpha value is -5.60. The predicted molar refractivity (Wildman–Crippen MR) is 189 cm³/mol. The van der Waals surface area contributed by atoms with E-state index in [1.54, 1.807) is 0 Å². The standard InChI is InChI=1S/C43H31NO/c1-43(2)36-16-10-17-38(40(36)41-37(43)26-25-35-34-15-8-9-18-39(34)45-42(35)41)44(32-13-4-3-5-14-32)33-23-21-29(22-24-33)31-20-19-28-11-6-7-12-30(28)27-31/h3-27H,1-2H3. The molecule has 0 bridgehead atoms. The van der Waals surface area contributed by atoms with Crippen molar-refractivity contribution < 1.29 is 4.42 Å². The van der Waals surface area contributed by atoms with Gasteiger partial charge in [-0.3, -0.25) is 0 Å². The van der Waals surface area contributed by atoms with Crippen molar-refractivity contribution in [2.24, 2.45) is 0 Å². The Morgan fingerprint density at radius 2 is 1.18 bits per heavy atom. The number of hydrogen-bond donors (Lipinski definition) is 0. The van der Waals surface area contributed by atoms with Crippen LogP contribution >= 0.6 is 0 Å². The zero-order valence-electron chi connectivity index (χ0n) is 25.3. The number of hydrogen-bond acceptors (Lipinski definition) is 2. The summed E-state index contributed by atoms with van der Waals surface area (Å²) in [5.41, 5.74) is 12.6. The minimum atomic E-state index is -0.170. The van der Waals surface area contributed by atoms with Gasteiger partial charge < -0.3 is 9.32 Å². The Morgan fingerprint density at radius 3 is 2.02 bits per heavy atom. The van der Waals surface area contributed by atoms with Crippen LogP contribution in [0.15, 0.2) is 156 Å². The highest BCUT2D eigenvalue weighted by Crippen LogP contribution is 2.57. The molecular formula is C43H31NO. The van der Waals surface area contributed by atoms with E-state index in [1.807, 2.05) is 6.07 Å². The van der Waals surface area contributed by atoms with Gasteiger partial charge in [0.15, 0.2) is 0 Å². The van der Waals surface area contributed by atoms with E-state index in [0.29, 0.717) is 0 Å². The van der Waals surface area contributed by atoms with Crippen LogP contribution < -0.4 is 4.90 Å². The van der Waals surface area contributed by atoms with E-state index in [9.17, 15) is 0 Å². The van der Waals surface area contributed by atoms with Crippen LogP contribution in [0.1, 0.15) is 25.0 Å². The van der Waals surface area contributed by atoms with Gasteiger partial charge in [-0.25, -0.2) is 0 Å². The number of benzene rings is 7. The Morgan fingerprint density at radius 1 is 0.489 bits per heavy atom. The quantitative estimate of drug-likeness (QED) is 0.207. The third-order valence-electron chi connectivity index (χ3n) is 9.65. The molecule has 1 aliphatic carbocycles. The molecule has 45 heavy (non-hydrogen) atoms. The molecule has 0 saturated carbocycles. The van der Waals surface area contributed by atoms with Crippen molar-refractivity contribution in [1.29, 1.82) is 0 Å². The summed E-state index contributed by atoms with van der Waals surface area (Å²) in [5, 5.41) is 4.83. The number of furan rings is 1. The third kappa shape index (κ3) is 3.89. The fraction of sp³-hybridized carbons (Fsp3) is 0.0698. The van der Waals surface area contributed by atoms with Crippen molar-refractivity contribution in [2.45, 2.75) is 19.3 Å². The summed E-state index contributed by atoms with van der Waals surface area (Å²) in [6.07, 6.45) is 0. The molecule has 2 heteroatoms. The fourth-order valence-electron chi connectivity index (χ4n) is 7.39. The second-order valence-corrected chi connectivity index (χ2v) is 12.6. The summed E-state index contributed by atoms with van der Waals surface area (Å²) in [5.74, 6) is 0. The summed E-state index contributed by atoms with van der Waals surface area (Å²) < 4.78 is 6.67. The van der Waals surface area contributed by atoms with Crippen LogP contribution in [0.4, 0.5) is 17.1 Å². The zero-order chi connectivity index (χ0) is 30.1. The van der Waals surface area contributed by atoms with Crippen molar-refractivity contribution >= 4 is 49.8 Å². The molecule has 7 aromatic carbocycles. The average molecular weight is 578 g/mol. The van der Waals surface area contributed by atoms with Crippen LogP contribution in [-0.2, 0) is 5.41 Å². The zero-order valence-corrected chi connectivity index (χ0v) is 25.3. The Kier molecular flexibility index (Phi) is 5.58. The van der Waals surface area contributed by atoms with Crippen molar-refractivity contribution in [1.82, 2.24) is 0 Å². The lowest BCUT2D eigenvalue weighted by molar-refractivity contribution is 0.653. The molecule has 214 valence electrons. The van der Waals surface area contributed by atoms with E-state index in [4.69, 9.17) is 4.42 Å². The summed E-state index contributed by atoms with van der Waals surface area (Å²) >= 11 is 0. The maximum atomic E-state index is 6.67. The van der Waals surface area contributed by atoms with E-state index in [2.05, 4.69) is 164 Å². The van der Waals surface area contributed by atoms with Gasteiger partial charge >= 0.3 is 0 Å². The molecule has 1 aliphatic rings. The van der Waals surface area contributed by atoms with Gasteiger partial charge in [-0.05, 0) is 75.5 Å². The summed E-state index contributed by atoms with van der Waals surface area (Å²) in [7, 11) is 0.